The van der Waals surface area contributed by atoms with E-state index in [-0.39, 0.29) is 5.91 Å². The third-order valence-corrected chi connectivity index (χ3v) is 5.42. The summed E-state index contributed by atoms with van der Waals surface area (Å²) in [5, 5.41) is 4.12. The molecule has 0 bridgehead atoms. The molecular formula is C22H25N3O2. The Morgan fingerprint density at radius 1 is 1.22 bits per heavy atom. The van der Waals surface area contributed by atoms with E-state index < -0.39 is 0 Å². The maximum absolute atomic E-state index is 13.3. The van der Waals surface area contributed by atoms with Gasteiger partial charge in [-0.3, -0.25) is 4.79 Å². The summed E-state index contributed by atoms with van der Waals surface area (Å²) in [4.78, 5) is 20.0. The zero-order chi connectivity index (χ0) is 18.6. The number of amides is 1. The van der Waals surface area contributed by atoms with E-state index in [4.69, 9.17) is 4.42 Å². The number of furan rings is 1. The maximum Gasteiger partial charge on any atom is 0.254 e. The van der Waals surface area contributed by atoms with Crippen molar-refractivity contribution in [2.75, 3.05) is 26.7 Å². The molecular weight excluding hydrogens is 338 g/mol. The third kappa shape index (κ3) is 3.74. The standard InChI is InChI=1S/C22H25N3O2/c1-23-11-8-16-9-12-25(13-10-16)22(26)18-15-20(21-7-4-14-27-21)24-19-6-3-2-5-17(18)19/h2-7,14-16,23H,8-13H2,1H3. The van der Waals surface area contributed by atoms with Gasteiger partial charge in [-0.05, 0) is 63.0 Å². The van der Waals surface area contributed by atoms with E-state index in [1.807, 2.05) is 54.4 Å². The average Bonchev–Trinajstić information content (AvgIpc) is 3.26. The number of hydrogen-bond acceptors (Lipinski definition) is 4. The molecule has 1 saturated heterocycles. The summed E-state index contributed by atoms with van der Waals surface area (Å²) >= 11 is 0. The molecule has 27 heavy (non-hydrogen) atoms. The summed E-state index contributed by atoms with van der Waals surface area (Å²) in [5.41, 5.74) is 2.23. The monoisotopic (exact) mass is 363 g/mol. The number of carbonyl (C=O) groups excluding carboxylic acids is 1. The molecule has 1 N–H and O–H groups in total. The smallest absolute Gasteiger partial charge is 0.254 e. The number of nitrogens with one attached hydrogen (secondary N) is 1. The largest absolute Gasteiger partial charge is 0.463 e. The van der Waals surface area contributed by atoms with Crippen molar-refractivity contribution in [1.82, 2.24) is 15.2 Å². The second-order valence-corrected chi connectivity index (χ2v) is 7.18. The highest BCUT2D eigenvalue weighted by Gasteiger charge is 2.25. The zero-order valence-corrected chi connectivity index (χ0v) is 15.6. The highest BCUT2D eigenvalue weighted by molar-refractivity contribution is 6.07. The van der Waals surface area contributed by atoms with Crippen LogP contribution in [0.25, 0.3) is 22.4 Å². The van der Waals surface area contributed by atoms with Gasteiger partial charge in [-0.25, -0.2) is 4.98 Å². The molecule has 4 rings (SSSR count). The molecule has 3 heterocycles. The number of fused-ring (bicyclic) bond motifs is 1. The van der Waals surface area contributed by atoms with Crippen molar-refractivity contribution in [2.24, 2.45) is 5.92 Å². The number of para-hydroxylation sites is 1. The molecule has 1 aliphatic rings. The van der Waals surface area contributed by atoms with Gasteiger partial charge in [-0.15, -0.1) is 0 Å². The van der Waals surface area contributed by atoms with Crippen molar-refractivity contribution in [3.8, 4) is 11.5 Å². The molecule has 5 nitrogen and oxygen atoms in total. The highest BCUT2D eigenvalue weighted by Crippen LogP contribution is 2.28. The first-order valence-corrected chi connectivity index (χ1v) is 9.64. The summed E-state index contributed by atoms with van der Waals surface area (Å²) in [6.45, 7) is 2.68. The van der Waals surface area contributed by atoms with Gasteiger partial charge in [0.1, 0.15) is 5.69 Å². The molecule has 0 unspecified atom stereocenters. The van der Waals surface area contributed by atoms with Crippen LogP contribution in [-0.2, 0) is 0 Å². The molecule has 0 aliphatic carbocycles. The minimum Gasteiger partial charge on any atom is -0.463 e. The molecule has 1 aliphatic heterocycles. The first kappa shape index (κ1) is 17.7. The second kappa shape index (κ2) is 7.92. The molecule has 140 valence electrons. The molecule has 5 heteroatoms. The summed E-state index contributed by atoms with van der Waals surface area (Å²) in [7, 11) is 1.99. The van der Waals surface area contributed by atoms with Crippen LogP contribution in [0.1, 0.15) is 29.6 Å². The van der Waals surface area contributed by atoms with E-state index in [2.05, 4.69) is 10.3 Å². The van der Waals surface area contributed by atoms with Crippen LogP contribution in [0, 0.1) is 5.92 Å². The Kier molecular flexibility index (Phi) is 5.21. The van der Waals surface area contributed by atoms with Crippen molar-refractivity contribution in [1.29, 1.82) is 0 Å². The topological polar surface area (TPSA) is 58.4 Å². The Balaban J connectivity index is 1.62. The van der Waals surface area contributed by atoms with Gasteiger partial charge in [0, 0.05) is 18.5 Å². The fourth-order valence-electron chi connectivity index (χ4n) is 3.85. The number of nitrogens with zero attached hydrogens (tertiary/aromatic N) is 2. The summed E-state index contributed by atoms with van der Waals surface area (Å²) in [6, 6.07) is 13.4. The van der Waals surface area contributed by atoms with Crippen molar-refractivity contribution in [2.45, 2.75) is 19.3 Å². The quantitative estimate of drug-likeness (QED) is 0.745. The second-order valence-electron chi connectivity index (χ2n) is 7.18. The number of piperidine rings is 1. The highest BCUT2D eigenvalue weighted by atomic mass is 16.3. The zero-order valence-electron chi connectivity index (χ0n) is 15.6. The van der Waals surface area contributed by atoms with E-state index in [9.17, 15) is 4.79 Å². The Morgan fingerprint density at radius 2 is 2.04 bits per heavy atom. The van der Waals surface area contributed by atoms with Crippen molar-refractivity contribution < 1.29 is 9.21 Å². The SMILES string of the molecule is CNCCC1CCN(C(=O)c2cc(-c3ccco3)nc3ccccc23)CC1. The van der Waals surface area contributed by atoms with Gasteiger partial charge in [-0.2, -0.15) is 0 Å². The Morgan fingerprint density at radius 3 is 2.78 bits per heavy atom. The van der Waals surface area contributed by atoms with Crippen LogP contribution in [0.2, 0.25) is 0 Å². The Bertz CT molecular complexity index is 912. The van der Waals surface area contributed by atoms with Crippen LogP contribution in [0.15, 0.2) is 53.1 Å². The Hall–Kier alpha value is -2.66. The fraction of sp³-hybridized carbons (Fsp3) is 0.364. The van der Waals surface area contributed by atoms with Gasteiger partial charge in [0.05, 0.1) is 17.3 Å². The average molecular weight is 363 g/mol. The summed E-state index contributed by atoms with van der Waals surface area (Å²) in [6.07, 6.45) is 4.95. The summed E-state index contributed by atoms with van der Waals surface area (Å²) < 4.78 is 5.51. The fourth-order valence-corrected chi connectivity index (χ4v) is 3.85. The third-order valence-electron chi connectivity index (χ3n) is 5.42. The number of hydrogen-bond donors (Lipinski definition) is 1. The lowest BCUT2D eigenvalue weighted by molar-refractivity contribution is 0.0689. The van der Waals surface area contributed by atoms with Gasteiger partial charge in [-0.1, -0.05) is 18.2 Å². The van der Waals surface area contributed by atoms with E-state index >= 15 is 0 Å². The first-order chi connectivity index (χ1) is 13.3. The van der Waals surface area contributed by atoms with Crippen LogP contribution in [-0.4, -0.2) is 42.5 Å². The molecule has 1 amide bonds. The minimum absolute atomic E-state index is 0.0912. The maximum atomic E-state index is 13.3. The van der Waals surface area contributed by atoms with Gasteiger partial charge in [0.15, 0.2) is 5.76 Å². The number of pyridine rings is 1. The lowest BCUT2D eigenvalue weighted by Gasteiger charge is -2.32. The summed E-state index contributed by atoms with van der Waals surface area (Å²) in [5.74, 6) is 1.48. The van der Waals surface area contributed by atoms with Crippen molar-refractivity contribution >= 4 is 16.8 Å². The number of rotatable bonds is 5. The minimum atomic E-state index is 0.0912. The van der Waals surface area contributed by atoms with Gasteiger partial charge >= 0.3 is 0 Å². The molecule has 2 aromatic heterocycles. The van der Waals surface area contributed by atoms with E-state index in [0.717, 1.165) is 43.4 Å². The van der Waals surface area contributed by atoms with Crippen LogP contribution in [0.3, 0.4) is 0 Å². The van der Waals surface area contributed by atoms with E-state index in [0.29, 0.717) is 22.9 Å². The van der Waals surface area contributed by atoms with Crippen LogP contribution in [0.5, 0.6) is 0 Å². The molecule has 0 saturated carbocycles. The lowest BCUT2D eigenvalue weighted by atomic mass is 9.93. The lowest BCUT2D eigenvalue weighted by Crippen LogP contribution is -2.39. The number of benzene rings is 1. The van der Waals surface area contributed by atoms with E-state index in [1.165, 1.54) is 6.42 Å². The number of likely N-dealkylation sites (tertiary alicyclic amines) is 1. The predicted octanol–water partition coefficient (Wildman–Crippen LogP) is 3.96. The van der Waals surface area contributed by atoms with Crippen molar-refractivity contribution in [3.05, 3.63) is 54.3 Å². The number of carbonyl (C=O) groups is 1. The van der Waals surface area contributed by atoms with E-state index in [1.54, 1.807) is 6.26 Å². The van der Waals surface area contributed by atoms with Crippen molar-refractivity contribution in [3.63, 3.8) is 0 Å². The molecule has 0 atom stereocenters. The molecule has 1 aromatic carbocycles. The predicted molar refractivity (Wildman–Crippen MR) is 107 cm³/mol. The molecule has 3 aromatic rings. The molecule has 1 fully saturated rings. The van der Waals surface area contributed by atoms with Gasteiger partial charge in [0.2, 0.25) is 0 Å². The van der Waals surface area contributed by atoms with Crippen LogP contribution >= 0.6 is 0 Å². The van der Waals surface area contributed by atoms with Crippen LogP contribution < -0.4 is 5.32 Å². The van der Waals surface area contributed by atoms with Crippen LogP contribution in [0.4, 0.5) is 0 Å². The molecule has 0 radical (unpaired) electrons. The van der Waals surface area contributed by atoms with Gasteiger partial charge in [0.25, 0.3) is 5.91 Å². The molecule has 0 spiro atoms. The Labute approximate surface area is 159 Å². The first-order valence-electron chi connectivity index (χ1n) is 9.64. The normalized spacial score (nSPS) is 15.4. The van der Waals surface area contributed by atoms with Gasteiger partial charge < -0.3 is 14.6 Å². The number of aromatic nitrogens is 1.